The van der Waals surface area contributed by atoms with Crippen LogP contribution in [-0.2, 0) is 9.53 Å². The average molecular weight is 566 g/mol. The Morgan fingerprint density at radius 2 is 1.71 bits per heavy atom. The van der Waals surface area contributed by atoms with E-state index >= 15 is 0 Å². The molecule has 3 unspecified atom stereocenters. The van der Waals surface area contributed by atoms with Gasteiger partial charge in [-0.2, -0.15) is 0 Å². The lowest BCUT2D eigenvalue weighted by Gasteiger charge is -2.51. The molecule has 0 radical (unpaired) electrons. The lowest BCUT2D eigenvalue weighted by atomic mass is 9.82. The fourth-order valence-electron chi connectivity index (χ4n) is 4.43. The summed E-state index contributed by atoms with van der Waals surface area (Å²) in [5.41, 5.74) is 0. The zero-order valence-electron chi connectivity index (χ0n) is 15.9. The Morgan fingerprint density at radius 1 is 1.08 bits per heavy atom. The third kappa shape index (κ3) is 6.23. The maximum Gasteiger partial charge on any atom is 0.361 e. The van der Waals surface area contributed by atoms with Crippen molar-refractivity contribution in [3.8, 4) is 0 Å². The lowest BCUT2D eigenvalue weighted by molar-refractivity contribution is -0.947. The first-order valence-corrected chi connectivity index (χ1v) is 9.26. The highest BCUT2D eigenvalue weighted by atomic mass is 127. The van der Waals surface area contributed by atoms with Gasteiger partial charge in [-0.15, -0.1) is 0 Å². The zero-order valence-corrected chi connectivity index (χ0v) is 20.2. The lowest BCUT2D eigenvalue weighted by Crippen LogP contribution is -3.00. The normalized spacial score (nSPS) is 29.7. The minimum Gasteiger partial charge on any atom is -1.00 e. The predicted octanol–water partition coefficient (Wildman–Crippen LogP) is -3.57. The number of likely N-dealkylation sites (N-methyl/N-ethyl adjacent to an activating group) is 1. The summed E-state index contributed by atoms with van der Waals surface area (Å²) in [6.07, 6.45) is 6.55. The molecular formula is C18H36I2N2O2. The molecule has 2 saturated heterocycles. The molecule has 2 aliphatic rings. The molecule has 144 valence electrons. The van der Waals surface area contributed by atoms with E-state index in [4.69, 9.17) is 4.74 Å². The van der Waals surface area contributed by atoms with Crippen LogP contribution in [0.15, 0.2) is 0 Å². The molecule has 4 nitrogen and oxygen atoms in total. The summed E-state index contributed by atoms with van der Waals surface area (Å²) in [7, 11) is 4.55. The maximum absolute atomic E-state index is 12.2. The molecule has 0 saturated carbocycles. The van der Waals surface area contributed by atoms with Gasteiger partial charge in [-0.25, -0.2) is 4.79 Å². The molecule has 6 heteroatoms. The highest BCUT2D eigenvalue weighted by Gasteiger charge is 2.44. The minimum absolute atomic E-state index is 0. The summed E-state index contributed by atoms with van der Waals surface area (Å²) in [4.78, 5) is 12.2. The number of halogens is 2. The van der Waals surface area contributed by atoms with Gasteiger partial charge in [0.05, 0.1) is 52.9 Å². The molecule has 0 aromatic rings. The number of nitrogens with zero attached hydrogens (tertiary/aromatic N) is 2. The van der Waals surface area contributed by atoms with E-state index in [0.717, 1.165) is 17.6 Å². The van der Waals surface area contributed by atoms with E-state index < -0.39 is 0 Å². The van der Waals surface area contributed by atoms with Crippen LogP contribution < -0.4 is 48.0 Å². The van der Waals surface area contributed by atoms with E-state index in [-0.39, 0.29) is 53.9 Å². The Balaban J connectivity index is 0.00000264. The molecule has 2 fully saturated rings. The van der Waals surface area contributed by atoms with E-state index in [2.05, 4.69) is 27.9 Å². The topological polar surface area (TPSA) is 26.3 Å². The number of hydrogen-bond acceptors (Lipinski definition) is 2. The zero-order chi connectivity index (χ0) is 16.2. The molecule has 0 N–H and O–H groups in total. The number of esters is 1. The minimum atomic E-state index is -0.0122. The number of piperidine rings is 2. The van der Waals surface area contributed by atoms with Crippen molar-refractivity contribution in [1.29, 1.82) is 0 Å². The fourth-order valence-corrected chi connectivity index (χ4v) is 4.43. The standard InChI is InChI=1S/C18H36N2O2.2HI/c1-5-19(3,6-2)14-18(21)22-15-16-10-9-13-20(4)12-8-7-11-17(16)20;;/h16-17H,5-15H2,1-4H3;2*1H/q+2;;/p-2. The Morgan fingerprint density at radius 3 is 2.33 bits per heavy atom. The summed E-state index contributed by atoms with van der Waals surface area (Å²) < 4.78 is 7.71. The van der Waals surface area contributed by atoms with Gasteiger partial charge in [-0.1, -0.05) is 0 Å². The number of carbonyl (C=O) groups is 1. The second kappa shape index (κ2) is 10.9. The van der Waals surface area contributed by atoms with Gasteiger partial charge in [0.25, 0.3) is 0 Å². The van der Waals surface area contributed by atoms with Crippen LogP contribution in [0.3, 0.4) is 0 Å². The number of rotatable bonds is 6. The molecule has 2 heterocycles. The van der Waals surface area contributed by atoms with E-state index in [0.29, 0.717) is 25.1 Å². The van der Waals surface area contributed by atoms with Gasteiger partial charge in [-0.3, -0.25) is 0 Å². The van der Waals surface area contributed by atoms with E-state index in [1.807, 2.05) is 0 Å². The smallest absolute Gasteiger partial charge is 0.361 e. The van der Waals surface area contributed by atoms with Crippen LogP contribution in [0.1, 0.15) is 46.0 Å². The number of carbonyl (C=O) groups excluding carboxylic acids is 1. The van der Waals surface area contributed by atoms with Crippen molar-refractivity contribution in [1.82, 2.24) is 0 Å². The largest absolute Gasteiger partial charge is 1.00 e. The quantitative estimate of drug-likeness (QED) is 0.189. The number of fused-ring (bicyclic) bond motifs is 1. The van der Waals surface area contributed by atoms with Crippen LogP contribution in [0.5, 0.6) is 0 Å². The van der Waals surface area contributed by atoms with Crippen LogP contribution in [0, 0.1) is 5.92 Å². The van der Waals surface area contributed by atoms with Crippen molar-refractivity contribution in [2.45, 2.75) is 52.0 Å². The summed E-state index contributed by atoms with van der Waals surface area (Å²) in [6, 6.07) is 0.716. The number of ether oxygens (including phenoxy) is 1. The Bertz CT molecular complexity index is 387. The highest BCUT2D eigenvalue weighted by Crippen LogP contribution is 2.36. The van der Waals surface area contributed by atoms with E-state index in [1.54, 1.807) is 0 Å². The highest BCUT2D eigenvalue weighted by molar-refractivity contribution is 5.70. The van der Waals surface area contributed by atoms with Gasteiger partial charge in [-0.05, 0) is 39.5 Å². The second-order valence-corrected chi connectivity index (χ2v) is 7.99. The number of quaternary nitrogens is 2. The van der Waals surface area contributed by atoms with Crippen LogP contribution in [0.4, 0.5) is 0 Å². The molecule has 2 aliphatic heterocycles. The molecule has 3 atom stereocenters. The molecular weight excluding hydrogens is 530 g/mol. The molecule has 0 amide bonds. The maximum atomic E-state index is 12.2. The summed E-state index contributed by atoms with van der Waals surface area (Å²) in [5.74, 6) is 0.562. The molecule has 24 heavy (non-hydrogen) atoms. The first-order chi connectivity index (χ1) is 10.4. The third-order valence-corrected chi connectivity index (χ3v) is 6.50. The van der Waals surface area contributed by atoms with Gasteiger partial charge >= 0.3 is 5.97 Å². The summed E-state index contributed by atoms with van der Waals surface area (Å²) >= 11 is 0. The third-order valence-electron chi connectivity index (χ3n) is 6.50. The first kappa shape index (κ1) is 24.8. The van der Waals surface area contributed by atoms with Crippen molar-refractivity contribution in [3.05, 3.63) is 0 Å². The second-order valence-electron chi connectivity index (χ2n) is 7.99. The van der Waals surface area contributed by atoms with Crippen LogP contribution in [0.2, 0.25) is 0 Å². The van der Waals surface area contributed by atoms with E-state index in [1.165, 1.54) is 49.7 Å². The molecule has 0 aliphatic carbocycles. The van der Waals surface area contributed by atoms with Gasteiger partial charge in [0, 0.05) is 12.3 Å². The first-order valence-electron chi connectivity index (χ1n) is 9.26. The van der Waals surface area contributed by atoms with Gasteiger partial charge < -0.3 is 61.7 Å². The molecule has 0 bridgehead atoms. The van der Waals surface area contributed by atoms with Crippen LogP contribution in [0.25, 0.3) is 0 Å². The monoisotopic (exact) mass is 566 g/mol. The van der Waals surface area contributed by atoms with Crippen molar-refractivity contribution in [2.75, 3.05) is 53.4 Å². The Kier molecular flexibility index (Phi) is 11.3. The van der Waals surface area contributed by atoms with Crippen molar-refractivity contribution in [3.63, 3.8) is 0 Å². The fraction of sp³-hybridized carbons (Fsp3) is 0.944. The van der Waals surface area contributed by atoms with Gasteiger partial charge in [0.2, 0.25) is 0 Å². The van der Waals surface area contributed by atoms with Crippen molar-refractivity contribution in [2.24, 2.45) is 5.92 Å². The summed E-state index contributed by atoms with van der Waals surface area (Å²) in [6.45, 7) is 10.0. The Labute approximate surface area is 182 Å². The molecule has 0 spiro atoms. The van der Waals surface area contributed by atoms with Crippen molar-refractivity contribution < 1.29 is 66.5 Å². The van der Waals surface area contributed by atoms with Gasteiger partial charge in [0.15, 0.2) is 6.54 Å². The SMILES string of the molecule is CC[N+](C)(CC)CC(=O)OCC1CCC[N+]2(C)CCCCC12.[I-].[I-]. The predicted molar refractivity (Wildman–Crippen MR) is 89.4 cm³/mol. The summed E-state index contributed by atoms with van der Waals surface area (Å²) in [5, 5.41) is 0. The molecule has 0 aromatic heterocycles. The van der Waals surface area contributed by atoms with Crippen molar-refractivity contribution >= 4 is 5.97 Å². The van der Waals surface area contributed by atoms with Gasteiger partial charge in [0.1, 0.15) is 0 Å². The van der Waals surface area contributed by atoms with E-state index in [9.17, 15) is 4.79 Å². The molecule has 2 rings (SSSR count). The Hall–Kier alpha value is 0.850. The average Bonchev–Trinajstić information content (AvgIpc) is 2.52. The van der Waals surface area contributed by atoms with Crippen LogP contribution in [-0.4, -0.2) is 74.4 Å². The van der Waals surface area contributed by atoms with Crippen LogP contribution >= 0.6 is 0 Å². The molecule has 0 aromatic carbocycles. The number of hydrogen-bond donors (Lipinski definition) is 0.